The van der Waals surface area contributed by atoms with Crippen LogP contribution in [0.2, 0.25) is 0 Å². The lowest BCUT2D eigenvalue weighted by Crippen LogP contribution is -2.31. The molecule has 1 aromatic rings. The average molecular weight is 324 g/mol. The first-order valence-electron chi connectivity index (χ1n) is 7.33. The highest BCUT2D eigenvalue weighted by atomic mass is 32.2. The number of carbonyl (C=O) groups excluding carboxylic acids is 2. The lowest BCUT2D eigenvalue weighted by atomic mass is 10.3. The van der Waals surface area contributed by atoms with Gasteiger partial charge in [0, 0.05) is 11.3 Å². The molecule has 1 N–H and O–H groups in total. The Balaban J connectivity index is 2.33. The molecule has 6 heteroatoms. The second-order valence-corrected chi connectivity index (χ2v) is 5.74. The van der Waals surface area contributed by atoms with Gasteiger partial charge in [-0.1, -0.05) is 12.1 Å². The number of rotatable bonds is 9. The number of esters is 1. The molecule has 0 unspecified atom stereocenters. The third-order valence-corrected chi connectivity index (χ3v) is 3.82. The molecule has 0 saturated heterocycles. The van der Waals surface area contributed by atoms with Crippen LogP contribution in [0.15, 0.2) is 29.2 Å². The van der Waals surface area contributed by atoms with Crippen molar-refractivity contribution in [3.63, 3.8) is 0 Å². The van der Waals surface area contributed by atoms with Crippen molar-refractivity contribution in [1.29, 1.82) is 0 Å². The largest absolute Gasteiger partial charge is 0.466 e. The Labute approximate surface area is 136 Å². The van der Waals surface area contributed by atoms with E-state index < -0.39 is 0 Å². The van der Waals surface area contributed by atoms with Gasteiger partial charge in [0.2, 0.25) is 5.91 Å². The number of thioether (sulfide) groups is 1. The van der Waals surface area contributed by atoms with Crippen molar-refractivity contribution in [3.8, 4) is 0 Å². The van der Waals surface area contributed by atoms with Gasteiger partial charge in [0.25, 0.3) is 0 Å². The zero-order valence-corrected chi connectivity index (χ0v) is 14.2. The predicted molar refractivity (Wildman–Crippen MR) is 90.2 cm³/mol. The number of nitrogens with zero attached hydrogens (tertiary/aromatic N) is 1. The number of ether oxygens (including phenoxy) is 1. The summed E-state index contributed by atoms with van der Waals surface area (Å²) in [5.41, 5.74) is 0.833. The van der Waals surface area contributed by atoms with Crippen LogP contribution in [-0.4, -0.2) is 49.8 Å². The van der Waals surface area contributed by atoms with Gasteiger partial charge < -0.3 is 10.1 Å². The molecule has 0 spiro atoms. The van der Waals surface area contributed by atoms with Crippen LogP contribution in [0.5, 0.6) is 0 Å². The molecule has 1 aromatic carbocycles. The number of benzene rings is 1. The van der Waals surface area contributed by atoms with E-state index in [1.54, 1.807) is 18.7 Å². The van der Waals surface area contributed by atoms with Gasteiger partial charge in [-0.2, -0.15) is 0 Å². The minimum Gasteiger partial charge on any atom is -0.466 e. The number of hydrogen-bond acceptors (Lipinski definition) is 5. The Bertz CT molecular complexity index is 494. The highest BCUT2D eigenvalue weighted by Crippen LogP contribution is 2.24. The van der Waals surface area contributed by atoms with Gasteiger partial charge in [-0.15, -0.1) is 11.8 Å². The fourth-order valence-corrected chi connectivity index (χ4v) is 2.54. The van der Waals surface area contributed by atoms with E-state index >= 15 is 0 Å². The second kappa shape index (κ2) is 10.2. The van der Waals surface area contributed by atoms with E-state index in [-0.39, 0.29) is 11.9 Å². The van der Waals surface area contributed by atoms with Crippen LogP contribution in [0.4, 0.5) is 5.69 Å². The first-order chi connectivity index (χ1) is 10.6. The topological polar surface area (TPSA) is 58.6 Å². The Morgan fingerprint density at radius 1 is 1.32 bits per heavy atom. The molecular formula is C16H24N2O3S. The minimum atomic E-state index is -0.186. The molecule has 1 amide bonds. The maximum absolute atomic E-state index is 12.0. The zero-order valence-electron chi connectivity index (χ0n) is 13.4. The molecule has 0 heterocycles. The molecule has 1 rings (SSSR count). The number of likely N-dealkylation sites (N-methyl/N-ethyl adjacent to an activating group) is 1. The van der Waals surface area contributed by atoms with E-state index in [1.165, 1.54) is 0 Å². The summed E-state index contributed by atoms with van der Waals surface area (Å²) in [7, 11) is 1.87. The van der Waals surface area contributed by atoms with Crippen LogP contribution in [0.3, 0.4) is 0 Å². The molecule has 0 aromatic heterocycles. The summed E-state index contributed by atoms with van der Waals surface area (Å²) in [6.45, 7) is 3.18. The van der Waals surface area contributed by atoms with Crippen LogP contribution < -0.4 is 5.32 Å². The summed E-state index contributed by atoms with van der Waals surface area (Å²) in [6.07, 6.45) is 3.05. The van der Waals surface area contributed by atoms with E-state index in [4.69, 9.17) is 4.74 Å². The van der Waals surface area contributed by atoms with Gasteiger partial charge in [0.05, 0.1) is 18.8 Å². The molecule has 0 fully saturated rings. The number of carbonyl (C=O) groups is 2. The number of nitrogens with one attached hydrogen (secondary N) is 1. The monoisotopic (exact) mass is 324 g/mol. The fourth-order valence-electron chi connectivity index (χ4n) is 1.99. The summed E-state index contributed by atoms with van der Waals surface area (Å²) in [5.74, 6) is -0.241. The van der Waals surface area contributed by atoms with Crippen LogP contribution >= 0.6 is 11.8 Å². The standard InChI is InChI=1S/C16H24N2O3S/c1-4-21-16(20)10-7-11-18(2)12-15(19)17-13-8-5-6-9-14(13)22-3/h5-6,8-9H,4,7,10-12H2,1-3H3,(H,17,19). The van der Waals surface area contributed by atoms with E-state index in [0.717, 1.165) is 10.6 Å². The maximum Gasteiger partial charge on any atom is 0.305 e. The molecule has 0 aliphatic heterocycles. The average Bonchev–Trinajstić information content (AvgIpc) is 2.47. The Hall–Kier alpha value is -1.53. The van der Waals surface area contributed by atoms with Crippen LogP contribution in [-0.2, 0) is 14.3 Å². The van der Waals surface area contributed by atoms with Crippen molar-refractivity contribution in [2.24, 2.45) is 0 Å². The smallest absolute Gasteiger partial charge is 0.305 e. The Morgan fingerprint density at radius 2 is 2.05 bits per heavy atom. The highest BCUT2D eigenvalue weighted by Gasteiger charge is 2.10. The first kappa shape index (κ1) is 18.5. The van der Waals surface area contributed by atoms with E-state index in [2.05, 4.69) is 5.32 Å². The molecule has 0 radical (unpaired) electrons. The van der Waals surface area contributed by atoms with Crippen molar-refractivity contribution < 1.29 is 14.3 Å². The Kier molecular flexibility index (Phi) is 8.62. The maximum atomic E-state index is 12.0. The molecule has 5 nitrogen and oxygen atoms in total. The van der Waals surface area contributed by atoms with E-state index in [0.29, 0.717) is 32.5 Å². The second-order valence-electron chi connectivity index (χ2n) is 4.89. The third kappa shape index (κ3) is 6.95. The molecule has 0 aliphatic rings. The summed E-state index contributed by atoms with van der Waals surface area (Å²) in [6, 6.07) is 7.72. The Morgan fingerprint density at radius 3 is 2.73 bits per heavy atom. The van der Waals surface area contributed by atoms with Crippen molar-refractivity contribution in [2.75, 3.05) is 38.3 Å². The molecular weight excluding hydrogens is 300 g/mol. The van der Waals surface area contributed by atoms with Gasteiger partial charge in [-0.3, -0.25) is 14.5 Å². The number of anilines is 1. The third-order valence-electron chi connectivity index (χ3n) is 3.02. The van der Waals surface area contributed by atoms with Crippen LogP contribution in [0.25, 0.3) is 0 Å². The highest BCUT2D eigenvalue weighted by molar-refractivity contribution is 7.98. The normalized spacial score (nSPS) is 10.5. The number of amides is 1. The number of para-hydroxylation sites is 1. The molecule has 22 heavy (non-hydrogen) atoms. The predicted octanol–water partition coefficient (Wildman–Crippen LogP) is 2.62. The molecule has 0 aliphatic carbocycles. The molecule has 122 valence electrons. The molecule has 0 bridgehead atoms. The summed E-state index contributed by atoms with van der Waals surface area (Å²) in [5, 5.41) is 2.92. The van der Waals surface area contributed by atoms with Gasteiger partial charge >= 0.3 is 5.97 Å². The fraction of sp³-hybridized carbons (Fsp3) is 0.500. The van der Waals surface area contributed by atoms with Gasteiger partial charge in [-0.05, 0) is 45.3 Å². The summed E-state index contributed by atoms with van der Waals surface area (Å²) < 4.78 is 4.87. The molecule has 0 atom stereocenters. The summed E-state index contributed by atoms with van der Waals surface area (Å²) in [4.78, 5) is 26.2. The van der Waals surface area contributed by atoms with E-state index in [1.807, 2.05) is 42.5 Å². The van der Waals surface area contributed by atoms with Crippen molar-refractivity contribution in [3.05, 3.63) is 24.3 Å². The minimum absolute atomic E-state index is 0.0554. The summed E-state index contributed by atoms with van der Waals surface area (Å²) >= 11 is 1.60. The quantitative estimate of drug-likeness (QED) is 0.559. The van der Waals surface area contributed by atoms with Crippen LogP contribution in [0.1, 0.15) is 19.8 Å². The number of hydrogen-bond donors (Lipinski definition) is 1. The first-order valence-corrected chi connectivity index (χ1v) is 8.56. The lowest BCUT2D eigenvalue weighted by molar-refractivity contribution is -0.143. The van der Waals surface area contributed by atoms with Gasteiger partial charge in [-0.25, -0.2) is 0 Å². The lowest BCUT2D eigenvalue weighted by Gasteiger charge is -2.16. The van der Waals surface area contributed by atoms with Crippen molar-refractivity contribution in [1.82, 2.24) is 4.90 Å². The molecule has 0 saturated carbocycles. The van der Waals surface area contributed by atoms with Crippen molar-refractivity contribution >= 4 is 29.3 Å². The van der Waals surface area contributed by atoms with Crippen molar-refractivity contribution in [2.45, 2.75) is 24.7 Å². The van der Waals surface area contributed by atoms with Gasteiger partial charge in [0.15, 0.2) is 0 Å². The SMILES string of the molecule is CCOC(=O)CCCN(C)CC(=O)Nc1ccccc1SC. The zero-order chi connectivity index (χ0) is 16.4. The van der Waals surface area contributed by atoms with Gasteiger partial charge in [0.1, 0.15) is 0 Å². The van der Waals surface area contributed by atoms with Crippen LogP contribution in [0, 0.1) is 0 Å². The van der Waals surface area contributed by atoms with E-state index in [9.17, 15) is 9.59 Å².